The Hall–Kier alpha value is -2.43. The molecule has 0 radical (unpaired) electrons. The molecule has 0 saturated carbocycles. The number of aryl methyl sites for hydroxylation is 1. The first-order valence-electron chi connectivity index (χ1n) is 6.42. The molecule has 0 saturated heterocycles. The van der Waals surface area contributed by atoms with E-state index in [2.05, 4.69) is 24.1 Å². The number of hydrogen-bond donors (Lipinski definition) is 1. The molecule has 0 aliphatic carbocycles. The van der Waals surface area contributed by atoms with Gasteiger partial charge in [-0.2, -0.15) is 0 Å². The first-order chi connectivity index (χ1) is 9.49. The average molecular weight is 271 g/mol. The van der Waals surface area contributed by atoms with Crippen molar-refractivity contribution in [2.24, 2.45) is 7.05 Å². The fourth-order valence-electron chi connectivity index (χ4n) is 1.89. The maximum absolute atomic E-state index is 12.1. The summed E-state index contributed by atoms with van der Waals surface area (Å²) in [6.07, 6.45) is 1.34. The van der Waals surface area contributed by atoms with E-state index in [-0.39, 0.29) is 17.2 Å². The summed E-state index contributed by atoms with van der Waals surface area (Å²) in [7, 11) is 1.59. The Kier molecular flexibility index (Phi) is 3.98. The van der Waals surface area contributed by atoms with Gasteiger partial charge >= 0.3 is 0 Å². The fraction of sp³-hybridized carbons (Fsp3) is 0.267. The Morgan fingerprint density at radius 3 is 2.65 bits per heavy atom. The van der Waals surface area contributed by atoms with Crippen LogP contribution in [-0.4, -0.2) is 15.5 Å². The van der Waals surface area contributed by atoms with Gasteiger partial charge in [0.15, 0.2) is 0 Å². The maximum Gasteiger partial charge on any atom is 0.274 e. The van der Waals surface area contributed by atoms with Crippen LogP contribution < -0.4 is 10.9 Å². The van der Waals surface area contributed by atoms with Gasteiger partial charge in [0, 0.05) is 18.8 Å². The molecule has 104 valence electrons. The maximum atomic E-state index is 12.1. The Labute approximate surface area is 117 Å². The predicted octanol–water partition coefficient (Wildman–Crippen LogP) is 2.16. The van der Waals surface area contributed by atoms with E-state index in [0.29, 0.717) is 5.92 Å². The minimum absolute atomic E-state index is 0.117. The van der Waals surface area contributed by atoms with Crippen molar-refractivity contribution in [3.05, 3.63) is 58.3 Å². The number of carbonyl (C=O) groups is 1. The molecule has 1 N–H and O–H groups in total. The van der Waals surface area contributed by atoms with Gasteiger partial charge in [-0.1, -0.05) is 32.0 Å². The molecule has 0 unspecified atom stereocenters. The van der Waals surface area contributed by atoms with Crippen molar-refractivity contribution in [1.29, 1.82) is 0 Å². The second kappa shape index (κ2) is 5.69. The molecule has 0 atom stereocenters. The Morgan fingerprint density at radius 1 is 1.30 bits per heavy atom. The molecule has 5 heteroatoms. The van der Waals surface area contributed by atoms with Gasteiger partial charge in [-0.05, 0) is 17.5 Å². The van der Waals surface area contributed by atoms with Crippen molar-refractivity contribution in [2.45, 2.75) is 19.8 Å². The number of nitrogens with zero attached hydrogens (tertiary/aromatic N) is 2. The SMILES string of the molecule is CC(C)c1ccccc1NC(=O)c1cc(=O)n(C)cn1. The van der Waals surface area contributed by atoms with E-state index in [9.17, 15) is 9.59 Å². The van der Waals surface area contributed by atoms with E-state index < -0.39 is 0 Å². The van der Waals surface area contributed by atoms with Crippen molar-refractivity contribution in [3.63, 3.8) is 0 Å². The Morgan fingerprint density at radius 2 is 2.00 bits per heavy atom. The van der Waals surface area contributed by atoms with Gasteiger partial charge in [0.2, 0.25) is 0 Å². The molecular formula is C15H17N3O2. The predicted molar refractivity (Wildman–Crippen MR) is 78.0 cm³/mol. The molecule has 1 amide bonds. The van der Waals surface area contributed by atoms with Crippen LogP contribution in [0.25, 0.3) is 0 Å². The summed E-state index contributed by atoms with van der Waals surface area (Å²) in [5.41, 5.74) is 1.65. The van der Waals surface area contributed by atoms with E-state index in [1.807, 2.05) is 24.3 Å². The standard InChI is InChI=1S/C15H17N3O2/c1-10(2)11-6-4-5-7-12(11)17-15(20)13-8-14(19)18(3)9-16-13/h4-10H,1-3H3,(H,17,20). The third-order valence-corrected chi connectivity index (χ3v) is 3.04. The number of para-hydroxylation sites is 1. The highest BCUT2D eigenvalue weighted by molar-refractivity contribution is 6.03. The molecule has 1 aromatic heterocycles. The number of hydrogen-bond acceptors (Lipinski definition) is 3. The van der Waals surface area contributed by atoms with Gasteiger partial charge in [-0.25, -0.2) is 4.98 Å². The molecule has 2 rings (SSSR count). The molecule has 0 fully saturated rings. The number of benzene rings is 1. The number of anilines is 1. The van der Waals surface area contributed by atoms with Crippen LogP contribution in [0.2, 0.25) is 0 Å². The number of rotatable bonds is 3. The van der Waals surface area contributed by atoms with Crippen molar-refractivity contribution >= 4 is 11.6 Å². The Bertz CT molecular complexity index is 690. The lowest BCUT2D eigenvalue weighted by atomic mass is 10.0. The second-order valence-corrected chi connectivity index (χ2v) is 4.92. The average Bonchev–Trinajstić information content (AvgIpc) is 2.42. The number of amides is 1. The van der Waals surface area contributed by atoms with Crippen molar-refractivity contribution in [2.75, 3.05) is 5.32 Å². The highest BCUT2D eigenvalue weighted by Crippen LogP contribution is 2.23. The summed E-state index contributed by atoms with van der Waals surface area (Å²) in [6, 6.07) is 8.83. The molecule has 1 heterocycles. The molecule has 0 aliphatic heterocycles. The Balaban J connectivity index is 2.28. The molecule has 20 heavy (non-hydrogen) atoms. The van der Waals surface area contributed by atoms with Crippen LogP contribution in [0.5, 0.6) is 0 Å². The van der Waals surface area contributed by atoms with Gasteiger partial charge in [-0.15, -0.1) is 0 Å². The zero-order valence-corrected chi connectivity index (χ0v) is 11.8. The van der Waals surface area contributed by atoms with Crippen LogP contribution >= 0.6 is 0 Å². The lowest BCUT2D eigenvalue weighted by Crippen LogP contribution is -2.22. The van der Waals surface area contributed by atoms with Crippen LogP contribution in [0.4, 0.5) is 5.69 Å². The minimum Gasteiger partial charge on any atom is -0.320 e. The topological polar surface area (TPSA) is 64.0 Å². The van der Waals surface area contributed by atoms with Crippen LogP contribution in [-0.2, 0) is 7.05 Å². The largest absolute Gasteiger partial charge is 0.320 e. The molecule has 0 spiro atoms. The van der Waals surface area contributed by atoms with Crippen LogP contribution in [0.15, 0.2) is 41.5 Å². The summed E-state index contributed by atoms with van der Waals surface area (Å²) in [5.74, 6) is -0.0844. The highest BCUT2D eigenvalue weighted by Gasteiger charge is 2.12. The van der Waals surface area contributed by atoms with E-state index in [0.717, 1.165) is 11.3 Å². The van der Waals surface area contributed by atoms with E-state index >= 15 is 0 Å². The van der Waals surface area contributed by atoms with Crippen molar-refractivity contribution < 1.29 is 4.79 Å². The molecule has 5 nitrogen and oxygen atoms in total. The second-order valence-electron chi connectivity index (χ2n) is 4.92. The van der Waals surface area contributed by atoms with Gasteiger partial charge in [0.25, 0.3) is 11.5 Å². The summed E-state index contributed by atoms with van der Waals surface area (Å²) in [5, 5.41) is 2.81. The van der Waals surface area contributed by atoms with Crippen molar-refractivity contribution in [3.8, 4) is 0 Å². The molecular weight excluding hydrogens is 254 g/mol. The summed E-state index contributed by atoms with van der Waals surface area (Å²) in [4.78, 5) is 27.6. The van der Waals surface area contributed by atoms with E-state index in [1.165, 1.54) is 17.0 Å². The highest BCUT2D eigenvalue weighted by atomic mass is 16.2. The van der Waals surface area contributed by atoms with Gasteiger partial charge in [-0.3, -0.25) is 9.59 Å². The lowest BCUT2D eigenvalue weighted by molar-refractivity contribution is 0.102. The summed E-state index contributed by atoms with van der Waals surface area (Å²) < 4.78 is 1.32. The number of aromatic nitrogens is 2. The van der Waals surface area contributed by atoms with Crippen LogP contribution in [0, 0.1) is 0 Å². The van der Waals surface area contributed by atoms with Crippen LogP contribution in [0.3, 0.4) is 0 Å². The third kappa shape index (κ3) is 2.93. The third-order valence-electron chi connectivity index (χ3n) is 3.04. The van der Waals surface area contributed by atoms with E-state index in [1.54, 1.807) is 7.05 Å². The van der Waals surface area contributed by atoms with Gasteiger partial charge < -0.3 is 9.88 Å². The summed E-state index contributed by atoms with van der Waals surface area (Å²) >= 11 is 0. The van der Waals surface area contributed by atoms with Gasteiger partial charge in [0.1, 0.15) is 5.69 Å². The quantitative estimate of drug-likeness (QED) is 0.930. The molecule has 0 bridgehead atoms. The van der Waals surface area contributed by atoms with Crippen molar-refractivity contribution in [1.82, 2.24) is 9.55 Å². The lowest BCUT2D eigenvalue weighted by Gasteiger charge is -2.13. The normalized spacial score (nSPS) is 10.6. The van der Waals surface area contributed by atoms with E-state index in [4.69, 9.17) is 0 Å². The zero-order valence-electron chi connectivity index (χ0n) is 11.8. The fourth-order valence-corrected chi connectivity index (χ4v) is 1.89. The molecule has 1 aromatic carbocycles. The first kappa shape index (κ1) is 14.0. The first-order valence-corrected chi connectivity index (χ1v) is 6.42. The minimum atomic E-state index is -0.379. The summed E-state index contributed by atoms with van der Waals surface area (Å²) in [6.45, 7) is 4.11. The van der Waals surface area contributed by atoms with Crippen LogP contribution in [0.1, 0.15) is 35.8 Å². The monoisotopic (exact) mass is 271 g/mol. The number of nitrogens with one attached hydrogen (secondary N) is 1. The molecule has 0 aliphatic rings. The van der Waals surface area contributed by atoms with Gasteiger partial charge in [0.05, 0.1) is 6.33 Å². The smallest absolute Gasteiger partial charge is 0.274 e. The molecule has 2 aromatic rings. The zero-order chi connectivity index (χ0) is 14.7. The number of carbonyl (C=O) groups excluding carboxylic acids is 1.